The van der Waals surface area contributed by atoms with Crippen LogP contribution >= 0.6 is 0 Å². The highest BCUT2D eigenvalue weighted by atomic mass is 32.2. The molecule has 9 heteroatoms. The summed E-state index contributed by atoms with van der Waals surface area (Å²) in [4.78, 5) is 12.9. The lowest BCUT2D eigenvalue weighted by atomic mass is 9.96. The first-order valence-corrected chi connectivity index (χ1v) is 10.8. The van der Waals surface area contributed by atoms with Gasteiger partial charge in [-0.1, -0.05) is 0 Å². The Labute approximate surface area is 155 Å². The Morgan fingerprint density at radius 3 is 2.73 bits per heavy atom. The topological polar surface area (TPSA) is 107 Å². The van der Waals surface area contributed by atoms with Crippen LogP contribution < -0.4 is 10.6 Å². The summed E-state index contributed by atoms with van der Waals surface area (Å²) in [6.45, 7) is 7.08. The lowest BCUT2D eigenvalue weighted by molar-refractivity contribution is -0.127. The number of nitrogens with zero attached hydrogens (tertiary/aromatic N) is 2. The summed E-state index contributed by atoms with van der Waals surface area (Å²) in [7, 11) is -3.64. The van der Waals surface area contributed by atoms with Gasteiger partial charge in [0.2, 0.25) is 15.9 Å². The van der Waals surface area contributed by atoms with E-state index in [4.69, 9.17) is 0 Å². The quantitative estimate of drug-likeness (QED) is 0.709. The molecule has 3 unspecified atom stereocenters. The third-order valence-corrected chi connectivity index (χ3v) is 7.51. The third kappa shape index (κ3) is 3.94. The predicted octanol–water partition coefficient (Wildman–Crippen LogP) is 0.684. The Morgan fingerprint density at radius 1 is 1.31 bits per heavy atom. The Balaban J connectivity index is 1.68. The van der Waals surface area contributed by atoms with Gasteiger partial charge in [0.15, 0.2) is 0 Å². The van der Waals surface area contributed by atoms with Crippen LogP contribution in [0.25, 0.3) is 0 Å². The van der Waals surface area contributed by atoms with Crippen molar-refractivity contribution in [3.63, 3.8) is 0 Å². The molecule has 2 saturated heterocycles. The molecule has 2 aliphatic heterocycles. The standard InChI is InChI=1S/C17H29N5O3S/c1-11-9-15(6-7-18-11)19-17(23)14-5-4-8-22(10-14)26(24,25)16-12(2)20-21-13(16)3/h11,14-15,18H,4-10H2,1-3H3,(H,19,23)(H,20,21). The lowest BCUT2D eigenvalue weighted by Crippen LogP contribution is -2.51. The van der Waals surface area contributed by atoms with E-state index in [1.54, 1.807) is 13.8 Å². The largest absolute Gasteiger partial charge is 0.353 e. The number of carbonyl (C=O) groups is 1. The molecule has 0 radical (unpaired) electrons. The first kappa shape index (κ1) is 19.3. The van der Waals surface area contributed by atoms with Gasteiger partial charge in [-0.05, 0) is 53.0 Å². The smallest absolute Gasteiger partial charge is 0.246 e. The Bertz CT molecular complexity index is 741. The predicted molar refractivity (Wildman–Crippen MR) is 98.2 cm³/mol. The van der Waals surface area contributed by atoms with Gasteiger partial charge in [0, 0.05) is 25.2 Å². The molecule has 8 nitrogen and oxygen atoms in total. The number of sulfonamides is 1. The summed E-state index contributed by atoms with van der Waals surface area (Å²) in [6.07, 6.45) is 3.24. The Kier molecular flexibility index (Phi) is 5.69. The van der Waals surface area contributed by atoms with Crippen molar-refractivity contribution in [1.82, 2.24) is 25.1 Å². The SMILES string of the molecule is Cc1n[nH]c(C)c1S(=O)(=O)N1CCCC(C(=O)NC2CCNC(C)C2)C1. The number of carbonyl (C=O) groups excluding carboxylic acids is 1. The average molecular weight is 384 g/mol. The number of aryl methyl sites for hydroxylation is 2. The number of hydrogen-bond acceptors (Lipinski definition) is 5. The van der Waals surface area contributed by atoms with Crippen molar-refractivity contribution >= 4 is 15.9 Å². The Hall–Kier alpha value is -1.45. The fourth-order valence-electron chi connectivity index (χ4n) is 4.01. The number of hydrogen-bond donors (Lipinski definition) is 3. The molecule has 2 aliphatic rings. The summed E-state index contributed by atoms with van der Waals surface area (Å²) >= 11 is 0. The van der Waals surface area contributed by atoms with E-state index in [9.17, 15) is 13.2 Å². The molecule has 0 aliphatic carbocycles. The molecule has 1 aromatic heterocycles. The summed E-state index contributed by atoms with van der Waals surface area (Å²) in [5.74, 6) is -0.319. The van der Waals surface area contributed by atoms with Crippen LogP contribution in [0.2, 0.25) is 0 Å². The van der Waals surface area contributed by atoms with Gasteiger partial charge >= 0.3 is 0 Å². The number of rotatable bonds is 4. The second-order valence-corrected chi connectivity index (χ2v) is 9.43. The van der Waals surface area contributed by atoms with Gasteiger partial charge in [-0.3, -0.25) is 9.89 Å². The second-order valence-electron chi connectivity index (χ2n) is 7.55. The summed E-state index contributed by atoms with van der Waals surface area (Å²) in [5.41, 5.74) is 1.01. The highest BCUT2D eigenvalue weighted by molar-refractivity contribution is 7.89. The van der Waals surface area contributed by atoms with Gasteiger partial charge < -0.3 is 10.6 Å². The first-order valence-electron chi connectivity index (χ1n) is 9.34. The zero-order valence-electron chi connectivity index (χ0n) is 15.7. The van der Waals surface area contributed by atoms with Gasteiger partial charge in [0.25, 0.3) is 0 Å². The number of H-pyrrole nitrogens is 1. The molecule has 1 amide bonds. The molecule has 2 fully saturated rings. The highest BCUT2D eigenvalue weighted by Gasteiger charge is 2.36. The zero-order valence-corrected chi connectivity index (χ0v) is 16.5. The molecule has 0 spiro atoms. The fraction of sp³-hybridized carbons (Fsp3) is 0.765. The van der Waals surface area contributed by atoms with Crippen LogP contribution in [0.5, 0.6) is 0 Å². The van der Waals surface area contributed by atoms with Crippen LogP contribution in [0, 0.1) is 19.8 Å². The van der Waals surface area contributed by atoms with Crippen LogP contribution in [-0.2, 0) is 14.8 Å². The fourth-order valence-corrected chi connectivity index (χ4v) is 5.86. The molecular formula is C17H29N5O3S. The molecule has 0 aromatic carbocycles. The number of amides is 1. The maximum Gasteiger partial charge on any atom is 0.246 e. The monoisotopic (exact) mass is 383 g/mol. The van der Waals surface area contributed by atoms with Gasteiger partial charge in [-0.2, -0.15) is 9.40 Å². The molecule has 3 rings (SSSR count). The maximum absolute atomic E-state index is 13.0. The summed E-state index contributed by atoms with van der Waals surface area (Å²) < 4.78 is 27.5. The van der Waals surface area contributed by atoms with Crippen LogP contribution in [0.4, 0.5) is 0 Å². The van der Waals surface area contributed by atoms with Crippen molar-refractivity contribution in [2.45, 2.75) is 63.4 Å². The van der Waals surface area contributed by atoms with Crippen LogP contribution in [0.15, 0.2) is 4.90 Å². The highest BCUT2D eigenvalue weighted by Crippen LogP contribution is 2.27. The number of piperidine rings is 2. The first-order chi connectivity index (χ1) is 12.3. The van der Waals surface area contributed by atoms with E-state index < -0.39 is 10.0 Å². The van der Waals surface area contributed by atoms with Crippen molar-refractivity contribution < 1.29 is 13.2 Å². The number of aromatic amines is 1. The van der Waals surface area contributed by atoms with Crippen molar-refractivity contribution in [3.8, 4) is 0 Å². The van der Waals surface area contributed by atoms with Gasteiger partial charge in [-0.15, -0.1) is 0 Å². The number of nitrogens with one attached hydrogen (secondary N) is 3. The molecule has 26 heavy (non-hydrogen) atoms. The molecular weight excluding hydrogens is 354 g/mol. The van der Waals surface area contributed by atoms with Crippen molar-refractivity contribution in [3.05, 3.63) is 11.4 Å². The summed E-state index contributed by atoms with van der Waals surface area (Å²) in [6, 6.07) is 0.563. The molecule has 3 atom stereocenters. The molecule has 3 N–H and O–H groups in total. The minimum absolute atomic E-state index is 0.0235. The van der Waals surface area contributed by atoms with Gasteiger partial charge in [-0.25, -0.2) is 8.42 Å². The van der Waals surface area contributed by atoms with Gasteiger partial charge in [0.1, 0.15) is 4.90 Å². The van der Waals surface area contributed by atoms with E-state index in [0.29, 0.717) is 30.4 Å². The van der Waals surface area contributed by atoms with E-state index in [1.165, 1.54) is 4.31 Å². The zero-order chi connectivity index (χ0) is 18.9. The number of aromatic nitrogens is 2. The van der Waals surface area contributed by atoms with E-state index in [1.807, 2.05) is 0 Å². The van der Waals surface area contributed by atoms with E-state index >= 15 is 0 Å². The summed E-state index contributed by atoms with van der Waals surface area (Å²) in [5, 5.41) is 13.2. The second kappa shape index (κ2) is 7.66. The molecule has 0 saturated carbocycles. The van der Waals surface area contributed by atoms with E-state index in [2.05, 4.69) is 27.8 Å². The van der Waals surface area contributed by atoms with Gasteiger partial charge in [0.05, 0.1) is 17.3 Å². The molecule has 1 aromatic rings. The van der Waals surface area contributed by atoms with Crippen LogP contribution in [0.3, 0.4) is 0 Å². The van der Waals surface area contributed by atoms with E-state index in [-0.39, 0.29) is 29.3 Å². The van der Waals surface area contributed by atoms with Crippen LogP contribution in [0.1, 0.15) is 44.0 Å². The minimum atomic E-state index is -3.64. The average Bonchev–Trinajstić information content (AvgIpc) is 2.94. The molecule has 0 bridgehead atoms. The molecule has 146 valence electrons. The third-order valence-electron chi connectivity index (χ3n) is 5.38. The Morgan fingerprint density at radius 2 is 2.08 bits per heavy atom. The van der Waals surface area contributed by atoms with Crippen molar-refractivity contribution in [2.75, 3.05) is 19.6 Å². The maximum atomic E-state index is 13.0. The molecule has 3 heterocycles. The lowest BCUT2D eigenvalue weighted by Gasteiger charge is -2.34. The van der Waals surface area contributed by atoms with E-state index in [0.717, 1.165) is 25.8 Å². The van der Waals surface area contributed by atoms with Crippen molar-refractivity contribution in [1.29, 1.82) is 0 Å². The minimum Gasteiger partial charge on any atom is -0.353 e. The normalized spacial score (nSPS) is 28.0. The van der Waals surface area contributed by atoms with Crippen molar-refractivity contribution in [2.24, 2.45) is 5.92 Å². The van der Waals surface area contributed by atoms with Crippen LogP contribution in [-0.4, -0.2) is 60.5 Å².